The second-order valence-electron chi connectivity index (χ2n) is 3.17. The summed E-state index contributed by atoms with van der Waals surface area (Å²) in [7, 11) is 0. The summed E-state index contributed by atoms with van der Waals surface area (Å²) in [4.78, 5) is 13.0. The Hall–Kier alpha value is -1.88. The quantitative estimate of drug-likeness (QED) is 0.700. The molecule has 0 spiro atoms. The van der Waals surface area contributed by atoms with E-state index in [1.54, 1.807) is 6.07 Å². The van der Waals surface area contributed by atoms with Crippen molar-refractivity contribution in [1.29, 1.82) is 0 Å². The van der Waals surface area contributed by atoms with E-state index in [9.17, 15) is 14.3 Å². The van der Waals surface area contributed by atoms with Gasteiger partial charge in [-0.15, -0.1) is 0 Å². The van der Waals surface area contributed by atoms with Gasteiger partial charge in [-0.05, 0) is 12.1 Å². The molecule has 2 aromatic rings. The molecule has 0 amide bonds. The third-order valence-corrected chi connectivity index (χ3v) is 2.15. The van der Waals surface area contributed by atoms with Gasteiger partial charge in [0.1, 0.15) is 5.82 Å². The minimum absolute atomic E-state index is 0.0719. The number of aliphatic carboxylic acids is 1. The fourth-order valence-electron chi connectivity index (χ4n) is 1.42. The van der Waals surface area contributed by atoms with Crippen LogP contribution >= 0.6 is 0 Å². The molecule has 0 saturated carbocycles. The molecule has 0 aliphatic rings. The van der Waals surface area contributed by atoms with Crippen molar-refractivity contribution < 1.29 is 19.4 Å². The smallest absolute Gasteiger partial charge is 0.338 e. The predicted molar refractivity (Wildman–Crippen MR) is 50.9 cm³/mol. The highest BCUT2D eigenvalue weighted by Crippen LogP contribution is 2.22. The molecule has 3 N–H and O–H groups in total. The van der Waals surface area contributed by atoms with Crippen LogP contribution in [0.5, 0.6) is 0 Å². The van der Waals surface area contributed by atoms with E-state index >= 15 is 0 Å². The summed E-state index contributed by atoms with van der Waals surface area (Å²) in [5, 5.41) is 18.3. The highest BCUT2D eigenvalue weighted by Gasteiger charge is 2.18. The fourth-order valence-corrected chi connectivity index (χ4v) is 1.42. The van der Waals surface area contributed by atoms with Crippen molar-refractivity contribution in [3.8, 4) is 0 Å². The second kappa shape index (κ2) is 3.36. The molecule has 0 bridgehead atoms. The number of carbonyl (C=O) groups is 1. The standard InChI is InChI=1S/C10H8FNO3/c11-6-3-1-2-5-4-7(12-8(5)6)9(13)10(14)15/h1-4,9,12-13H,(H,14,15). The van der Waals surface area contributed by atoms with Crippen LogP contribution in [0.4, 0.5) is 4.39 Å². The van der Waals surface area contributed by atoms with Gasteiger partial charge in [0.15, 0.2) is 6.10 Å². The molecular formula is C10H8FNO3. The molecule has 4 nitrogen and oxygen atoms in total. The highest BCUT2D eigenvalue weighted by atomic mass is 19.1. The molecule has 5 heteroatoms. The maximum Gasteiger partial charge on any atom is 0.338 e. The zero-order valence-corrected chi connectivity index (χ0v) is 7.57. The summed E-state index contributed by atoms with van der Waals surface area (Å²) >= 11 is 0. The molecule has 0 fully saturated rings. The van der Waals surface area contributed by atoms with Gasteiger partial charge < -0.3 is 15.2 Å². The zero-order chi connectivity index (χ0) is 11.0. The normalized spacial score (nSPS) is 12.9. The summed E-state index contributed by atoms with van der Waals surface area (Å²) in [5.41, 5.74) is 0.274. The number of fused-ring (bicyclic) bond motifs is 1. The van der Waals surface area contributed by atoms with Crippen molar-refractivity contribution in [2.45, 2.75) is 6.10 Å². The topological polar surface area (TPSA) is 73.3 Å². The van der Waals surface area contributed by atoms with Gasteiger partial charge >= 0.3 is 5.97 Å². The molecule has 1 unspecified atom stereocenters. The lowest BCUT2D eigenvalue weighted by Gasteiger charge is -2.00. The summed E-state index contributed by atoms with van der Waals surface area (Å²) in [6.45, 7) is 0. The van der Waals surface area contributed by atoms with Crippen molar-refractivity contribution in [2.24, 2.45) is 0 Å². The number of hydrogen-bond acceptors (Lipinski definition) is 2. The van der Waals surface area contributed by atoms with Gasteiger partial charge in [-0.1, -0.05) is 12.1 Å². The van der Waals surface area contributed by atoms with Gasteiger partial charge in [0.25, 0.3) is 0 Å². The number of carboxylic acid groups (broad SMARTS) is 1. The molecule has 1 aromatic carbocycles. The number of carboxylic acids is 1. The van der Waals surface area contributed by atoms with Gasteiger partial charge in [-0.2, -0.15) is 0 Å². The SMILES string of the molecule is O=C(O)C(O)c1cc2cccc(F)c2[nH]1. The Balaban J connectivity index is 2.56. The maximum atomic E-state index is 13.2. The van der Waals surface area contributed by atoms with Crippen LogP contribution < -0.4 is 0 Å². The van der Waals surface area contributed by atoms with Gasteiger partial charge in [-0.25, -0.2) is 9.18 Å². The van der Waals surface area contributed by atoms with Gasteiger partial charge in [0, 0.05) is 5.39 Å². The van der Waals surface area contributed by atoms with Gasteiger partial charge in [0.2, 0.25) is 0 Å². The Bertz CT molecular complexity index is 520. The molecule has 1 heterocycles. The summed E-state index contributed by atoms with van der Waals surface area (Å²) in [6.07, 6.45) is -1.66. The van der Waals surface area contributed by atoms with Crippen LogP contribution in [0, 0.1) is 5.82 Å². The van der Waals surface area contributed by atoms with Crippen LogP contribution in [-0.4, -0.2) is 21.2 Å². The van der Waals surface area contributed by atoms with Gasteiger partial charge in [0.05, 0.1) is 11.2 Å². The number of H-pyrrole nitrogens is 1. The Morgan fingerprint density at radius 1 is 1.47 bits per heavy atom. The molecule has 78 valence electrons. The van der Waals surface area contributed by atoms with Crippen molar-refractivity contribution in [2.75, 3.05) is 0 Å². The van der Waals surface area contributed by atoms with Crippen molar-refractivity contribution >= 4 is 16.9 Å². The third kappa shape index (κ3) is 1.57. The van der Waals surface area contributed by atoms with Crippen LogP contribution in [0.25, 0.3) is 10.9 Å². The lowest BCUT2D eigenvalue weighted by molar-refractivity contribution is -0.147. The van der Waals surface area contributed by atoms with Crippen molar-refractivity contribution in [3.05, 3.63) is 35.8 Å². The Morgan fingerprint density at radius 3 is 2.80 bits per heavy atom. The lowest BCUT2D eigenvalue weighted by atomic mass is 10.2. The van der Waals surface area contributed by atoms with E-state index < -0.39 is 17.9 Å². The molecule has 1 atom stereocenters. The van der Waals surface area contributed by atoms with Crippen molar-refractivity contribution in [1.82, 2.24) is 4.98 Å². The van der Waals surface area contributed by atoms with E-state index in [2.05, 4.69) is 4.98 Å². The van der Waals surface area contributed by atoms with Crippen LogP contribution in [0.15, 0.2) is 24.3 Å². The van der Waals surface area contributed by atoms with Crippen LogP contribution in [-0.2, 0) is 4.79 Å². The minimum Gasteiger partial charge on any atom is -0.479 e. The fraction of sp³-hybridized carbons (Fsp3) is 0.100. The van der Waals surface area contributed by atoms with Crippen LogP contribution in [0.1, 0.15) is 11.8 Å². The monoisotopic (exact) mass is 209 g/mol. The number of aromatic amines is 1. The van der Waals surface area contributed by atoms with E-state index in [0.717, 1.165) is 0 Å². The first-order chi connectivity index (χ1) is 7.09. The van der Waals surface area contributed by atoms with Gasteiger partial charge in [-0.3, -0.25) is 0 Å². The Kier molecular flexibility index (Phi) is 2.17. The summed E-state index contributed by atoms with van der Waals surface area (Å²) in [5.74, 6) is -1.85. The molecule has 0 radical (unpaired) electrons. The molecule has 0 aliphatic carbocycles. The second-order valence-corrected chi connectivity index (χ2v) is 3.17. The number of halogens is 1. The number of aromatic nitrogens is 1. The number of aliphatic hydroxyl groups excluding tert-OH is 1. The average Bonchev–Trinajstić information content (AvgIpc) is 2.61. The number of para-hydroxylation sites is 1. The first-order valence-corrected chi connectivity index (χ1v) is 4.27. The molecular weight excluding hydrogens is 201 g/mol. The predicted octanol–water partition coefficient (Wildman–Crippen LogP) is 1.42. The average molecular weight is 209 g/mol. The number of benzene rings is 1. The number of nitrogens with one attached hydrogen (secondary N) is 1. The first-order valence-electron chi connectivity index (χ1n) is 4.27. The third-order valence-electron chi connectivity index (χ3n) is 2.15. The largest absolute Gasteiger partial charge is 0.479 e. The minimum atomic E-state index is -1.66. The highest BCUT2D eigenvalue weighted by molar-refractivity contribution is 5.83. The summed E-state index contributed by atoms with van der Waals surface area (Å²) in [6, 6.07) is 5.82. The maximum absolute atomic E-state index is 13.2. The number of hydrogen-bond donors (Lipinski definition) is 3. The molecule has 0 saturated heterocycles. The van der Waals surface area contributed by atoms with E-state index in [0.29, 0.717) is 5.39 Å². The van der Waals surface area contributed by atoms with E-state index in [1.165, 1.54) is 18.2 Å². The van der Waals surface area contributed by atoms with E-state index in [1.807, 2.05) is 0 Å². The Morgan fingerprint density at radius 2 is 2.20 bits per heavy atom. The number of rotatable bonds is 2. The van der Waals surface area contributed by atoms with E-state index in [-0.39, 0.29) is 11.2 Å². The van der Waals surface area contributed by atoms with Crippen LogP contribution in [0.3, 0.4) is 0 Å². The molecule has 15 heavy (non-hydrogen) atoms. The first kappa shape index (κ1) is 9.67. The lowest BCUT2D eigenvalue weighted by Crippen LogP contribution is -2.10. The molecule has 0 aliphatic heterocycles. The van der Waals surface area contributed by atoms with Crippen LogP contribution in [0.2, 0.25) is 0 Å². The zero-order valence-electron chi connectivity index (χ0n) is 7.57. The van der Waals surface area contributed by atoms with E-state index in [4.69, 9.17) is 5.11 Å². The number of aliphatic hydroxyl groups is 1. The van der Waals surface area contributed by atoms with Crippen molar-refractivity contribution in [3.63, 3.8) is 0 Å². The summed E-state index contributed by atoms with van der Waals surface area (Å²) < 4.78 is 13.2. The Labute approximate surface area is 84.0 Å². The molecule has 1 aromatic heterocycles. The molecule has 2 rings (SSSR count).